The third-order valence-corrected chi connectivity index (χ3v) is 0.756. The van der Waals surface area contributed by atoms with Gasteiger partial charge in [-0.15, -0.1) is 0 Å². The van der Waals surface area contributed by atoms with E-state index in [1.807, 2.05) is 6.07 Å². The first-order valence-corrected chi connectivity index (χ1v) is 2.63. The van der Waals surface area contributed by atoms with Gasteiger partial charge in [0.05, 0.1) is 0 Å². The molecule has 0 atom stereocenters. The Labute approximate surface area is 108 Å². The van der Waals surface area contributed by atoms with E-state index < -0.39 is 0 Å². The van der Waals surface area contributed by atoms with Crippen LogP contribution in [0.25, 0.3) is 0 Å². The van der Waals surface area contributed by atoms with Crippen molar-refractivity contribution in [3.63, 3.8) is 0 Å². The molecule has 1 aromatic rings. The average Bonchev–Trinajstić information content (AvgIpc) is 1.91. The number of hydrogen-bond acceptors (Lipinski definition) is 2. The van der Waals surface area contributed by atoms with Crippen LogP contribution in [0.3, 0.4) is 0 Å². The second-order valence-electron chi connectivity index (χ2n) is 1.44. The van der Waals surface area contributed by atoms with E-state index in [0.29, 0.717) is 5.75 Å². The topological polar surface area (TPSA) is 57.5 Å². The van der Waals surface area contributed by atoms with Gasteiger partial charge >= 0.3 is 0 Å². The van der Waals surface area contributed by atoms with Crippen molar-refractivity contribution in [1.82, 2.24) is 0 Å². The minimum absolute atomic E-state index is 0. The molecule has 0 aliphatic rings. The zero-order valence-corrected chi connectivity index (χ0v) is 13.5. The minimum atomic E-state index is -0.250. The molecule has 0 bridgehead atoms. The van der Waals surface area contributed by atoms with Crippen LogP contribution in [-0.4, -0.2) is 16.7 Å². The van der Waals surface area contributed by atoms with E-state index in [2.05, 4.69) is 0 Å². The Morgan fingerprint density at radius 3 is 1.58 bits per heavy atom. The van der Waals surface area contributed by atoms with Crippen LogP contribution in [0.2, 0.25) is 0 Å². The van der Waals surface area contributed by atoms with Gasteiger partial charge in [0.25, 0.3) is 6.47 Å². The quantitative estimate of drug-likeness (QED) is 0.417. The van der Waals surface area contributed by atoms with E-state index in [1.165, 1.54) is 0 Å². The fourth-order valence-corrected chi connectivity index (χ4v) is 0.428. The number of para-hydroxylation sites is 1. The van der Waals surface area contributed by atoms with Gasteiger partial charge in [-0.05, 0) is 12.1 Å². The third kappa shape index (κ3) is 12.9. The van der Waals surface area contributed by atoms with Crippen LogP contribution in [0.15, 0.2) is 30.3 Å². The molecule has 0 radical (unpaired) electrons. The number of benzene rings is 1. The summed E-state index contributed by atoms with van der Waals surface area (Å²) in [5, 5.41) is 15.5. The average molecular weight is 497 g/mol. The number of aromatic hydroxyl groups is 1. The predicted octanol–water partition coefficient (Wildman–Crippen LogP) is 1.09. The Morgan fingerprint density at radius 2 is 1.42 bits per heavy atom. The van der Waals surface area contributed by atoms with Gasteiger partial charge in [-0.25, -0.2) is 0 Å². The largest absolute Gasteiger partial charge is 0.508 e. The van der Waals surface area contributed by atoms with Crippen molar-refractivity contribution in [3.8, 4) is 5.75 Å². The van der Waals surface area contributed by atoms with E-state index in [9.17, 15) is 0 Å². The molecular weight excluding hydrogens is 489 g/mol. The van der Waals surface area contributed by atoms with Crippen LogP contribution in [0.1, 0.15) is 0 Å². The Bertz CT molecular complexity index is 179. The maximum absolute atomic E-state index is 8.63. The molecular formula is C7H8Hf2O3. The molecule has 3 nitrogen and oxygen atoms in total. The monoisotopic (exact) mass is 500 g/mol. The van der Waals surface area contributed by atoms with Crippen LogP contribution in [0.5, 0.6) is 5.75 Å². The van der Waals surface area contributed by atoms with Gasteiger partial charge in [-0.2, -0.15) is 0 Å². The second-order valence-corrected chi connectivity index (χ2v) is 1.44. The summed E-state index contributed by atoms with van der Waals surface area (Å²) in [5.74, 6) is 0.322. The smallest absolute Gasteiger partial charge is 0.290 e. The van der Waals surface area contributed by atoms with E-state index in [-0.39, 0.29) is 58.2 Å². The standard InChI is InChI=1S/C6H6O.CH2O2.2Hf/c7-6-4-2-1-3-5-6;2-1-3;;/h1-5,7H;1H,(H,2,3);;. The zero-order chi connectivity index (χ0) is 7.82. The molecule has 0 fully saturated rings. The Kier molecular flexibility index (Phi) is 20.8. The number of phenols is 1. The minimum Gasteiger partial charge on any atom is -0.508 e. The van der Waals surface area contributed by atoms with Gasteiger partial charge in [-0.3, -0.25) is 4.79 Å². The zero-order valence-electron chi connectivity index (χ0n) is 6.27. The number of carboxylic acid groups (broad SMARTS) is 1. The van der Waals surface area contributed by atoms with Gasteiger partial charge in [-0.1, -0.05) is 18.2 Å². The first kappa shape index (κ1) is 18.1. The van der Waals surface area contributed by atoms with Crippen LogP contribution < -0.4 is 0 Å². The molecule has 0 saturated carbocycles. The molecule has 0 saturated heterocycles. The molecule has 0 spiro atoms. The fourth-order valence-electron chi connectivity index (χ4n) is 0.428. The molecule has 0 aliphatic carbocycles. The Morgan fingerprint density at radius 1 is 1.08 bits per heavy atom. The van der Waals surface area contributed by atoms with Crippen molar-refractivity contribution in [2.24, 2.45) is 0 Å². The van der Waals surface area contributed by atoms with Crippen molar-refractivity contribution < 1.29 is 66.7 Å². The molecule has 0 aromatic heterocycles. The van der Waals surface area contributed by atoms with Gasteiger partial charge in [0.2, 0.25) is 0 Å². The van der Waals surface area contributed by atoms with E-state index >= 15 is 0 Å². The second kappa shape index (κ2) is 13.8. The first-order chi connectivity index (χ1) is 4.81. The van der Waals surface area contributed by atoms with Crippen molar-refractivity contribution in [2.45, 2.75) is 0 Å². The fraction of sp³-hybridized carbons (Fsp3) is 0. The number of hydrogen-bond donors (Lipinski definition) is 2. The Hall–Kier alpha value is 0.230. The SMILES string of the molecule is O=CO.Oc1ccccc1.[Hf].[Hf]. The number of rotatable bonds is 0. The van der Waals surface area contributed by atoms with Crippen LogP contribution in [0.4, 0.5) is 0 Å². The van der Waals surface area contributed by atoms with Gasteiger partial charge < -0.3 is 10.2 Å². The predicted molar refractivity (Wildman–Crippen MR) is 36.8 cm³/mol. The molecule has 0 unspecified atom stereocenters. The molecule has 62 valence electrons. The Balaban J connectivity index is -0.000000146. The molecule has 1 rings (SSSR count). The molecule has 2 N–H and O–H groups in total. The number of carbonyl (C=O) groups is 1. The van der Waals surface area contributed by atoms with Crippen LogP contribution in [0, 0.1) is 0 Å². The summed E-state index contributed by atoms with van der Waals surface area (Å²) < 4.78 is 0. The normalized spacial score (nSPS) is 6.00. The summed E-state index contributed by atoms with van der Waals surface area (Å²) in [6, 6.07) is 8.71. The van der Waals surface area contributed by atoms with Crippen LogP contribution >= 0.6 is 0 Å². The van der Waals surface area contributed by atoms with E-state index in [0.717, 1.165) is 0 Å². The van der Waals surface area contributed by atoms with Crippen molar-refractivity contribution in [3.05, 3.63) is 30.3 Å². The maximum atomic E-state index is 8.63. The van der Waals surface area contributed by atoms with Gasteiger partial charge in [0.1, 0.15) is 5.75 Å². The molecule has 5 heteroatoms. The summed E-state index contributed by atoms with van der Waals surface area (Å²) >= 11 is 0. The van der Waals surface area contributed by atoms with Crippen LogP contribution in [-0.2, 0) is 56.5 Å². The van der Waals surface area contributed by atoms with E-state index in [4.69, 9.17) is 15.0 Å². The third-order valence-electron chi connectivity index (χ3n) is 0.756. The first-order valence-electron chi connectivity index (χ1n) is 2.63. The molecule has 12 heavy (non-hydrogen) atoms. The van der Waals surface area contributed by atoms with Gasteiger partial charge in [0.15, 0.2) is 0 Å². The molecule has 0 heterocycles. The van der Waals surface area contributed by atoms with Crippen molar-refractivity contribution in [2.75, 3.05) is 0 Å². The summed E-state index contributed by atoms with van der Waals surface area (Å²) in [6.45, 7) is -0.250. The maximum Gasteiger partial charge on any atom is 0.290 e. The van der Waals surface area contributed by atoms with Crippen molar-refractivity contribution in [1.29, 1.82) is 0 Å². The summed E-state index contributed by atoms with van der Waals surface area (Å²) in [7, 11) is 0. The molecule has 0 amide bonds. The van der Waals surface area contributed by atoms with Crippen molar-refractivity contribution >= 4 is 6.47 Å². The summed E-state index contributed by atoms with van der Waals surface area (Å²) in [6.07, 6.45) is 0. The summed E-state index contributed by atoms with van der Waals surface area (Å²) in [5.41, 5.74) is 0. The molecule has 1 aromatic carbocycles. The summed E-state index contributed by atoms with van der Waals surface area (Å²) in [4.78, 5) is 8.36. The van der Waals surface area contributed by atoms with Gasteiger partial charge in [0, 0.05) is 51.7 Å². The van der Waals surface area contributed by atoms with E-state index in [1.54, 1.807) is 24.3 Å². The molecule has 0 aliphatic heterocycles. The number of phenolic OH excluding ortho intramolecular Hbond substituents is 1.